The molecule has 2 rings (SSSR count). The first-order valence-electron chi connectivity index (χ1n) is 4.99. The molecule has 0 N–H and O–H groups in total. The Kier molecular flexibility index (Phi) is 3.68. The van der Waals surface area contributed by atoms with Gasteiger partial charge in [-0.25, -0.2) is 8.78 Å². The molecule has 0 saturated carbocycles. The summed E-state index contributed by atoms with van der Waals surface area (Å²) in [5, 5.41) is 11.1. The van der Waals surface area contributed by atoms with E-state index in [9.17, 15) is 18.9 Å². The molecule has 98 valence electrons. The van der Waals surface area contributed by atoms with Crippen LogP contribution in [0.5, 0.6) is 0 Å². The van der Waals surface area contributed by atoms with E-state index < -0.39 is 27.8 Å². The predicted octanol–water partition coefficient (Wildman–Crippen LogP) is 4.85. The van der Waals surface area contributed by atoms with Crippen LogP contribution < -0.4 is 0 Å². The first kappa shape index (κ1) is 13.7. The molecule has 0 aliphatic rings. The van der Waals surface area contributed by atoms with Gasteiger partial charge in [0.25, 0.3) is 5.69 Å². The Morgan fingerprint density at radius 3 is 2.42 bits per heavy atom. The number of nitro benzene ring substituents is 1. The van der Waals surface area contributed by atoms with Crippen LogP contribution in [-0.4, -0.2) is 4.92 Å². The zero-order valence-electron chi connectivity index (χ0n) is 9.16. The Bertz CT molecular complexity index is 677. The SMILES string of the molecule is O=[N+]([O-])c1ccc(F)c(F)c1-c1cc(Cl)ccc1Cl. The Balaban J connectivity index is 2.83. The number of nitrogens with zero attached hydrogens (tertiary/aromatic N) is 1. The van der Waals surface area contributed by atoms with E-state index in [0.29, 0.717) is 6.07 Å². The third-order valence-corrected chi connectivity index (χ3v) is 3.03. The van der Waals surface area contributed by atoms with Crippen LogP contribution in [0, 0.1) is 21.7 Å². The summed E-state index contributed by atoms with van der Waals surface area (Å²) >= 11 is 11.6. The van der Waals surface area contributed by atoms with Gasteiger partial charge in [-0.2, -0.15) is 0 Å². The second kappa shape index (κ2) is 5.11. The largest absolute Gasteiger partial charge is 0.280 e. The lowest BCUT2D eigenvalue weighted by Gasteiger charge is -2.08. The normalized spacial score (nSPS) is 10.5. The molecular weight excluding hydrogens is 299 g/mol. The van der Waals surface area contributed by atoms with Crippen molar-refractivity contribution in [1.29, 1.82) is 0 Å². The molecule has 0 atom stereocenters. The maximum Gasteiger partial charge on any atom is 0.280 e. The van der Waals surface area contributed by atoms with E-state index in [1.807, 2.05) is 0 Å². The van der Waals surface area contributed by atoms with Crippen LogP contribution in [0.1, 0.15) is 0 Å². The van der Waals surface area contributed by atoms with E-state index in [2.05, 4.69) is 0 Å². The molecule has 0 aromatic heterocycles. The molecule has 0 aliphatic carbocycles. The summed E-state index contributed by atoms with van der Waals surface area (Å²) in [6.45, 7) is 0. The third kappa shape index (κ3) is 2.52. The topological polar surface area (TPSA) is 43.1 Å². The van der Waals surface area contributed by atoms with Gasteiger partial charge in [0, 0.05) is 21.7 Å². The number of halogens is 4. The molecule has 7 heteroatoms. The van der Waals surface area contributed by atoms with Crippen molar-refractivity contribution in [1.82, 2.24) is 0 Å². The molecule has 2 aromatic carbocycles. The van der Waals surface area contributed by atoms with Crippen molar-refractivity contribution in [3.8, 4) is 11.1 Å². The van der Waals surface area contributed by atoms with Gasteiger partial charge in [0.05, 0.1) is 10.5 Å². The van der Waals surface area contributed by atoms with Crippen LogP contribution in [0.3, 0.4) is 0 Å². The van der Waals surface area contributed by atoms with Gasteiger partial charge in [-0.1, -0.05) is 23.2 Å². The Labute approximate surface area is 116 Å². The fourth-order valence-electron chi connectivity index (χ4n) is 1.64. The third-order valence-electron chi connectivity index (χ3n) is 2.47. The maximum atomic E-state index is 13.8. The van der Waals surface area contributed by atoms with Crippen molar-refractivity contribution >= 4 is 28.9 Å². The number of rotatable bonds is 2. The van der Waals surface area contributed by atoms with Gasteiger partial charge in [-0.3, -0.25) is 10.1 Å². The van der Waals surface area contributed by atoms with E-state index in [1.54, 1.807) is 0 Å². The van der Waals surface area contributed by atoms with Crippen molar-refractivity contribution in [2.45, 2.75) is 0 Å². The molecule has 2 aromatic rings. The van der Waals surface area contributed by atoms with E-state index in [1.165, 1.54) is 18.2 Å². The van der Waals surface area contributed by atoms with Crippen LogP contribution in [0.2, 0.25) is 10.0 Å². The number of benzene rings is 2. The standard InChI is InChI=1S/C12H5Cl2F2NO2/c13-6-1-2-8(14)7(5-6)11-10(17(18)19)4-3-9(15)12(11)16/h1-5H. The summed E-state index contributed by atoms with van der Waals surface area (Å²) in [7, 11) is 0. The van der Waals surface area contributed by atoms with E-state index in [0.717, 1.165) is 6.07 Å². The molecule has 0 heterocycles. The summed E-state index contributed by atoms with van der Waals surface area (Å²) in [4.78, 5) is 10.1. The lowest BCUT2D eigenvalue weighted by molar-refractivity contribution is -0.384. The quantitative estimate of drug-likeness (QED) is 0.588. The van der Waals surface area contributed by atoms with Gasteiger partial charge >= 0.3 is 0 Å². The van der Waals surface area contributed by atoms with Gasteiger partial charge < -0.3 is 0 Å². The van der Waals surface area contributed by atoms with Crippen molar-refractivity contribution in [3.63, 3.8) is 0 Å². The molecular formula is C12H5Cl2F2NO2. The van der Waals surface area contributed by atoms with Crippen molar-refractivity contribution in [3.05, 3.63) is 62.1 Å². The molecule has 0 aliphatic heterocycles. The maximum absolute atomic E-state index is 13.8. The van der Waals surface area contributed by atoms with Gasteiger partial charge in [0.2, 0.25) is 0 Å². The molecule has 3 nitrogen and oxygen atoms in total. The van der Waals surface area contributed by atoms with Crippen molar-refractivity contribution < 1.29 is 13.7 Å². The molecule has 0 fully saturated rings. The molecule has 0 unspecified atom stereocenters. The van der Waals surface area contributed by atoms with Gasteiger partial charge in [0.1, 0.15) is 0 Å². The highest BCUT2D eigenvalue weighted by atomic mass is 35.5. The summed E-state index contributed by atoms with van der Waals surface area (Å²) in [6.07, 6.45) is 0. The van der Waals surface area contributed by atoms with Gasteiger partial charge in [0.15, 0.2) is 11.6 Å². The molecule has 0 bridgehead atoms. The van der Waals surface area contributed by atoms with Crippen LogP contribution >= 0.6 is 23.2 Å². The Morgan fingerprint density at radius 1 is 1.11 bits per heavy atom. The average Bonchev–Trinajstić information content (AvgIpc) is 2.35. The predicted molar refractivity (Wildman–Crippen MR) is 68.5 cm³/mol. The monoisotopic (exact) mass is 303 g/mol. The number of hydrogen-bond acceptors (Lipinski definition) is 2. The molecule has 0 amide bonds. The molecule has 0 spiro atoms. The zero-order valence-corrected chi connectivity index (χ0v) is 10.7. The summed E-state index contributed by atoms with van der Waals surface area (Å²) < 4.78 is 27.1. The fraction of sp³-hybridized carbons (Fsp3) is 0. The number of nitro groups is 1. The average molecular weight is 304 g/mol. The minimum atomic E-state index is -1.33. The second-order valence-corrected chi connectivity index (χ2v) is 4.48. The van der Waals surface area contributed by atoms with Crippen LogP contribution in [0.25, 0.3) is 11.1 Å². The first-order valence-corrected chi connectivity index (χ1v) is 5.75. The molecule has 0 saturated heterocycles. The van der Waals surface area contributed by atoms with Crippen LogP contribution in [-0.2, 0) is 0 Å². The van der Waals surface area contributed by atoms with E-state index in [4.69, 9.17) is 23.2 Å². The van der Waals surface area contributed by atoms with E-state index in [-0.39, 0.29) is 15.6 Å². The minimum Gasteiger partial charge on any atom is -0.258 e. The van der Waals surface area contributed by atoms with Crippen molar-refractivity contribution in [2.24, 2.45) is 0 Å². The molecule has 0 radical (unpaired) electrons. The fourth-order valence-corrected chi connectivity index (χ4v) is 2.02. The number of hydrogen-bond donors (Lipinski definition) is 0. The van der Waals surface area contributed by atoms with Crippen LogP contribution in [0.4, 0.5) is 14.5 Å². The smallest absolute Gasteiger partial charge is 0.258 e. The van der Waals surface area contributed by atoms with Crippen molar-refractivity contribution in [2.75, 3.05) is 0 Å². The highest BCUT2D eigenvalue weighted by Gasteiger charge is 2.24. The highest BCUT2D eigenvalue weighted by molar-refractivity contribution is 6.35. The molecule has 19 heavy (non-hydrogen) atoms. The highest BCUT2D eigenvalue weighted by Crippen LogP contribution is 2.38. The van der Waals surface area contributed by atoms with Gasteiger partial charge in [-0.05, 0) is 24.3 Å². The lowest BCUT2D eigenvalue weighted by Crippen LogP contribution is -1.98. The summed E-state index contributed by atoms with van der Waals surface area (Å²) in [5.74, 6) is -2.53. The minimum absolute atomic E-state index is 0.0298. The Hall–Kier alpha value is -1.72. The van der Waals surface area contributed by atoms with Gasteiger partial charge in [-0.15, -0.1) is 0 Å². The second-order valence-electron chi connectivity index (χ2n) is 3.64. The summed E-state index contributed by atoms with van der Waals surface area (Å²) in [5.41, 5.74) is -1.13. The van der Waals surface area contributed by atoms with Crippen LogP contribution in [0.15, 0.2) is 30.3 Å². The lowest BCUT2D eigenvalue weighted by atomic mass is 10.0. The van der Waals surface area contributed by atoms with E-state index >= 15 is 0 Å². The Morgan fingerprint density at radius 2 is 1.79 bits per heavy atom. The first-order chi connectivity index (χ1) is 8.91. The summed E-state index contributed by atoms with van der Waals surface area (Å²) in [6, 6.07) is 5.61. The zero-order chi connectivity index (χ0) is 14.2.